The first-order valence-electron chi connectivity index (χ1n) is 9.68. The van der Waals surface area contributed by atoms with Crippen molar-refractivity contribution in [2.24, 2.45) is 0 Å². The van der Waals surface area contributed by atoms with Crippen molar-refractivity contribution in [3.05, 3.63) is 88.9 Å². The number of carbonyl (C=O) groups excluding carboxylic acids is 1. The molecule has 0 radical (unpaired) electrons. The van der Waals surface area contributed by atoms with Gasteiger partial charge in [0.2, 0.25) is 5.91 Å². The molecule has 1 aliphatic rings. The van der Waals surface area contributed by atoms with Crippen LogP contribution in [0.1, 0.15) is 17.5 Å². The SMILES string of the molecule is O=C(Cc1ccc(Cl)cc1)Nc1ccc2c(c1)N(S(=O)(=O)c1ccccc1)CCC2. The van der Waals surface area contributed by atoms with Crippen molar-refractivity contribution in [1.29, 1.82) is 0 Å². The predicted octanol–water partition coefficient (Wildman–Crippen LogP) is 4.66. The van der Waals surface area contributed by atoms with Gasteiger partial charge in [0, 0.05) is 17.3 Å². The van der Waals surface area contributed by atoms with Crippen molar-refractivity contribution in [3.8, 4) is 0 Å². The molecule has 0 fully saturated rings. The fraction of sp³-hybridized carbons (Fsp3) is 0.174. The highest BCUT2D eigenvalue weighted by atomic mass is 35.5. The Morgan fingerprint density at radius 2 is 1.73 bits per heavy atom. The van der Waals surface area contributed by atoms with Crippen LogP contribution in [0.25, 0.3) is 0 Å². The summed E-state index contributed by atoms with van der Waals surface area (Å²) in [6.07, 6.45) is 1.76. The molecule has 3 aromatic rings. The Bertz CT molecular complexity index is 1160. The smallest absolute Gasteiger partial charge is 0.264 e. The van der Waals surface area contributed by atoms with E-state index in [1.54, 1.807) is 48.5 Å². The molecule has 1 heterocycles. The minimum absolute atomic E-state index is 0.175. The summed E-state index contributed by atoms with van der Waals surface area (Å²) < 4.78 is 27.8. The zero-order chi connectivity index (χ0) is 21.1. The van der Waals surface area contributed by atoms with Crippen LogP contribution in [0.2, 0.25) is 5.02 Å². The van der Waals surface area contributed by atoms with Gasteiger partial charge >= 0.3 is 0 Å². The van der Waals surface area contributed by atoms with Crippen LogP contribution in [-0.4, -0.2) is 20.9 Å². The van der Waals surface area contributed by atoms with Crippen LogP contribution in [0, 0.1) is 0 Å². The zero-order valence-corrected chi connectivity index (χ0v) is 17.8. The fourth-order valence-corrected chi connectivity index (χ4v) is 5.26. The molecule has 0 unspecified atom stereocenters. The Morgan fingerprint density at radius 1 is 1.00 bits per heavy atom. The van der Waals surface area contributed by atoms with Gasteiger partial charge in [-0.3, -0.25) is 9.10 Å². The van der Waals surface area contributed by atoms with Gasteiger partial charge in [-0.05, 0) is 60.4 Å². The molecule has 0 atom stereocenters. The topological polar surface area (TPSA) is 66.5 Å². The Balaban J connectivity index is 1.58. The van der Waals surface area contributed by atoms with Crippen molar-refractivity contribution in [3.63, 3.8) is 0 Å². The molecule has 0 aromatic heterocycles. The first-order valence-corrected chi connectivity index (χ1v) is 11.5. The quantitative estimate of drug-likeness (QED) is 0.627. The number of hydrogen-bond acceptors (Lipinski definition) is 3. The van der Waals surface area contributed by atoms with E-state index in [-0.39, 0.29) is 17.2 Å². The van der Waals surface area contributed by atoms with E-state index in [4.69, 9.17) is 11.6 Å². The van der Waals surface area contributed by atoms with Crippen molar-refractivity contribution >= 4 is 38.9 Å². The molecule has 0 aliphatic carbocycles. The normalized spacial score (nSPS) is 13.6. The van der Waals surface area contributed by atoms with Gasteiger partial charge in [0.15, 0.2) is 0 Å². The number of hydrogen-bond donors (Lipinski definition) is 1. The second-order valence-corrected chi connectivity index (χ2v) is 9.49. The van der Waals surface area contributed by atoms with E-state index >= 15 is 0 Å². The van der Waals surface area contributed by atoms with Gasteiger partial charge in [0.1, 0.15) is 0 Å². The average molecular weight is 441 g/mol. The lowest BCUT2D eigenvalue weighted by molar-refractivity contribution is -0.115. The number of benzene rings is 3. The summed E-state index contributed by atoms with van der Waals surface area (Å²) in [6.45, 7) is 0.409. The van der Waals surface area contributed by atoms with Gasteiger partial charge in [0.05, 0.1) is 17.0 Å². The van der Waals surface area contributed by atoms with E-state index in [1.807, 2.05) is 24.3 Å². The molecular weight excluding hydrogens is 420 g/mol. The van der Waals surface area contributed by atoms with Crippen LogP contribution in [0.5, 0.6) is 0 Å². The predicted molar refractivity (Wildman–Crippen MR) is 120 cm³/mol. The third kappa shape index (κ3) is 4.35. The highest BCUT2D eigenvalue weighted by Gasteiger charge is 2.29. The maximum absolute atomic E-state index is 13.2. The first kappa shape index (κ1) is 20.4. The lowest BCUT2D eigenvalue weighted by Crippen LogP contribution is -2.35. The number of amides is 1. The number of nitrogens with zero attached hydrogens (tertiary/aromatic N) is 1. The lowest BCUT2D eigenvalue weighted by atomic mass is 10.0. The van der Waals surface area contributed by atoms with Gasteiger partial charge in [-0.1, -0.05) is 48.0 Å². The number of halogens is 1. The van der Waals surface area contributed by atoms with Gasteiger partial charge in [-0.25, -0.2) is 8.42 Å². The standard InChI is InChI=1S/C23H21ClN2O3S/c24-19-11-8-17(9-12-19)15-23(27)25-20-13-10-18-5-4-14-26(22(18)16-20)30(28,29)21-6-2-1-3-7-21/h1-3,6-13,16H,4-5,14-15H2,(H,25,27). The Kier molecular flexibility index (Phi) is 5.79. The number of rotatable bonds is 5. The minimum Gasteiger partial charge on any atom is -0.326 e. The van der Waals surface area contributed by atoms with Crippen molar-refractivity contribution in [2.45, 2.75) is 24.2 Å². The van der Waals surface area contributed by atoms with E-state index < -0.39 is 10.0 Å². The molecule has 5 nitrogen and oxygen atoms in total. The molecule has 4 rings (SSSR count). The van der Waals surface area contributed by atoms with Crippen LogP contribution < -0.4 is 9.62 Å². The summed E-state index contributed by atoms with van der Waals surface area (Å²) in [4.78, 5) is 12.7. The van der Waals surface area contributed by atoms with E-state index in [1.165, 1.54) is 4.31 Å². The van der Waals surface area contributed by atoms with Crippen molar-refractivity contribution < 1.29 is 13.2 Å². The van der Waals surface area contributed by atoms with Gasteiger partial charge in [-0.15, -0.1) is 0 Å². The fourth-order valence-electron chi connectivity index (χ4n) is 3.58. The number of aryl methyl sites for hydroxylation is 1. The Hall–Kier alpha value is -2.83. The van der Waals surface area contributed by atoms with E-state index in [0.29, 0.717) is 22.9 Å². The van der Waals surface area contributed by atoms with E-state index in [2.05, 4.69) is 5.32 Å². The van der Waals surface area contributed by atoms with E-state index in [0.717, 1.165) is 24.0 Å². The van der Waals surface area contributed by atoms with E-state index in [9.17, 15) is 13.2 Å². The molecule has 154 valence electrons. The summed E-state index contributed by atoms with van der Waals surface area (Å²) in [6, 6.07) is 21.0. The average Bonchev–Trinajstić information content (AvgIpc) is 2.75. The van der Waals surface area contributed by atoms with Crippen LogP contribution in [0.3, 0.4) is 0 Å². The molecule has 0 saturated carbocycles. The number of anilines is 2. The highest BCUT2D eigenvalue weighted by Crippen LogP contribution is 2.34. The number of nitrogens with one attached hydrogen (secondary N) is 1. The summed E-state index contributed by atoms with van der Waals surface area (Å²) in [5.74, 6) is -0.175. The molecule has 3 aromatic carbocycles. The van der Waals surface area contributed by atoms with Crippen molar-refractivity contribution in [1.82, 2.24) is 0 Å². The number of sulfonamides is 1. The van der Waals surface area contributed by atoms with Crippen LogP contribution in [0.15, 0.2) is 77.7 Å². The number of fused-ring (bicyclic) bond motifs is 1. The third-order valence-corrected chi connectivity index (χ3v) is 7.13. The summed E-state index contributed by atoms with van der Waals surface area (Å²) >= 11 is 5.89. The summed E-state index contributed by atoms with van der Waals surface area (Å²) in [5, 5.41) is 3.49. The molecule has 0 saturated heterocycles. The molecule has 1 N–H and O–H groups in total. The maximum atomic E-state index is 13.2. The second kappa shape index (κ2) is 8.50. The Morgan fingerprint density at radius 3 is 2.47 bits per heavy atom. The monoisotopic (exact) mass is 440 g/mol. The molecule has 0 spiro atoms. The second-order valence-electron chi connectivity index (χ2n) is 7.19. The summed E-state index contributed by atoms with van der Waals surface area (Å²) in [7, 11) is -3.67. The highest BCUT2D eigenvalue weighted by molar-refractivity contribution is 7.92. The molecule has 30 heavy (non-hydrogen) atoms. The first-order chi connectivity index (χ1) is 14.4. The zero-order valence-electron chi connectivity index (χ0n) is 16.2. The van der Waals surface area contributed by atoms with Crippen molar-refractivity contribution in [2.75, 3.05) is 16.2 Å². The third-order valence-electron chi connectivity index (χ3n) is 5.05. The Labute approximate surface area is 181 Å². The lowest BCUT2D eigenvalue weighted by Gasteiger charge is -2.31. The largest absolute Gasteiger partial charge is 0.326 e. The molecule has 7 heteroatoms. The molecular formula is C23H21ClN2O3S. The van der Waals surface area contributed by atoms with Crippen LogP contribution >= 0.6 is 11.6 Å². The minimum atomic E-state index is -3.67. The molecule has 1 amide bonds. The van der Waals surface area contributed by atoms with Gasteiger partial charge < -0.3 is 5.32 Å². The number of carbonyl (C=O) groups is 1. The maximum Gasteiger partial charge on any atom is 0.264 e. The van der Waals surface area contributed by atoms with Gasteiger partial charge in [0.25, 0.3) is 10.0 Å². The van der Waals surface area contributed by atoms with Gasteiger partial charge in [-0.2, -0.15) is 0 Å². The van der Waals surface area contributed by atoms with Crippen LogP contribution in [-0.2, 0) is 27.7 Å². The summed E-state index contributed by atoms with van der Waals surface area (Å²) in [5.41, 5.74) is 3.00. The van der Waals surface area contributed by atoms with Crippen LogP contribution in [0.4, 0.5) is 11.4 Å². The molecule has 0 bridgehead atoms. The molecule has 1 aliphatic heterocycles.